The lowest BCUT2D eigenvalue weighted by Gasteiger charge is -2.07. The molecular formula is C4HClN6O2S2. The highest BCUT2D eigenvalue weighted by molar-refractivity contribution is 8.85. The van der Waals surface area contributed by atoms with Gasteiger partial charge in [-0.3, -0.25) is 0 Å². The van der Waals surface area contributed by atoms with E-state index in [1.165, 1.54) is 4.47 Å². The number of anilines is 2. The fraction of sp³-hybridized carbons (Fsp3) is 0. The van der Waals surface area contributed by atoms with E-state index in [0.29, 0.717) is 22.9 Å². The van der Waals surface area contributed by atoms with E-state index in [9.17, 15) is 0 Å². The van der Waals surface area contributed by atoms with Crippen LogP contribution in [0.1, 0.15) is 0 Å². The molecule has 0 radical (unpaired) electrons. The first-order valence-corrected chi connectivity index (χ1v) is 6.50. The van der Waals surface area contributed by atoms with Crippen LogP contribution < -0.4 is 9.95 Å². The van der Waals surface area contributed by atoms with E-state index in [4.69, 9.17) is 15.6 Å². The SMILES string of the molecule is ClSSN1ONc2nc3nonc3nc21. The lowest BCUT2D eigenvalue weighted by atomic mass is 10.6. The average Bonchev–Trinajstić information content (AvgIpc) is 2.82. The molecule has 0 bridgehead atoms. The molecule has 0 amide bonds. The average molecular weight is 265 g/mol. The van der Waals surface area contributed by atoms with Crippen molar-refractivity contribution in [1.29, 1.82) is 0 Å². The minimum Gasteiger partial charge on any atom is -0.240 e. The van der Waals surface area contributed by atoms with E-state index in [-0.39, 0.29) is 0 Å². The normalized spacial score (nSPS) is 14.3. The van der Waals surface area contributed by atoms with Crippen LogP contribution in [0.4, 0.5) is 11.6 Å². The lowest BCUT2D eigenvalue weighted by Crippen LogP contribution is -2.09. The molecule has 1 aliphatic rings. The Morgan fingerprint density at radius 3 is 2.87 bits per heavy atom. The summed E-state index contributed by atoms with van der Waals surface area (Å²) in [7, 11) is 7.62. The Morgan fingerprint density at radius 1 is 1.27 bits per heavy atom. The highest BCUT2D eigenvalue weighted by Crippen LogP contribution is 2.40. The van der Waals surface area contributed by atoms with Gasteiger partial charge in [-0.2, -0.15) is 9.97 Å². The van der Waals surface area contributed by atoms with Gasteiger partial charge in [0.15, 0.2) is 0 Å². The maximum absolute atomic E-state index is 5.48. The van der Waals surface area contributed by atoms with Crippen LogP contribution in [-0.2, 0) is 4.94 Å². The molecule has 0 aliphatic carbocycles. The zero-order valence-electron chi connectivity index (χ0n) is 6.75. The summed E-state index contributed by atoms with van der Waals surface area (Å²) in [5.74, 6) is 0.910. The summed E-state index contributed by atoms with van der Waals surface area (Å²) in [6.45, 7) is 0. The molecule has 78 valence electrons. The Hall–Kier alpha value is -0.970. The monoisotopic (exact) mass is 264 g/mol. The Labute approximate surface area is 94.6 Å². The van der Waals surface area contributed by atoms with Crippen molar-refractivity contribution in [2.24, 2.45) is 0 Å². The number of nitrogens with zero attached hydrogens (tertiary/aromatic N) is 5. The third-order valence-corrected chi connectivity index (χ3v) is 3.11. The topological polar surface area (TPSA) is 89.2 Å². The lowest BCUT2D eigenvalue weighted by molar-refractivity contribution is 0.237. The Balaban J connectivity index is 2.10. The number of aromatic nitrogens is 4. The molecule has 1 N–H and O–H groups in total. The maximum Gasteiger partial charge on any atom is 0.245 e. The van der Waals surface area contributed by atoms with E-state index in [0.717, 1.165) is 21.0 Å². The van der Waals surface area contributed by atoms with Gasteiger partial charge in [0.05, 0.1) is 11.0 Å². The van der Waals surface area contributed by atoms with Crippen LogP contribution in [-0.4, -0.2) is 20.3 Å². The first-order valence-electron chi connectivity index (χ1n) is 3.57. The number of nitrogens with one attached hydrogen (secondary N) is 1. The Bertz CT molecular complexity index is 507. The van der Waals surface area contributed by atoms with Crippen molar-refractivity contribution in [2.45, 2.75) is 0 Å². The van der Waals surface area contributed by atoms with Gasteiger partial charge in [-0.1, -0.05) is 0 Å². The van der Waals surface area contributed by atoms with Crippen LogP contribution in [0.15, 0.2) is 4.63 Å². The summed E-state index contributed by atoms with van der Waals surface area (Å²) in [5.41, 5.74) is 3.19. The fourth-order valence-electron chi connectivity index (χ4n) is 1.03. The van der Waals surface area contributed by atoms with Crippen LogP contribution in [0.3, 0.4) is 0 Å². The smallest absolute Gasteiger partial charge is 0.240 e. The highest BCUT2D eigenvalue weighted by Gasteiger charge is 2.26. The second kappa shape index (κ2) is 3.56. The number of hydrogen-bond acceptors (Lipinski definition) is 10. The standard InChI is InChI=1S/C4HClN6O2S2/c5-14-15-11-4-3(10-13-11)6-1-2(7-4)9-12-8-1/h(H,6,8,10). The number of fused-ring (bicyclic) bond motifs is 2. The molecule has 0 fully saturated rings. The van der Waals surface area contributed by atoms with E-state index in [1.807, 2.05) is 0 Å². The van der Waals surface area contributed by atoms with Gasteiger partial charge in [0.2, 0.25) is 22.9 Å². The van der Waals surface area contributed by atoms with Gasteiger partial charge in [-0.15, -0.1) is 9.41 Å². The summed E-state index contributed by atoms with van der Waals surface area (Å²) >= 11 is 0. The van der Waals surface area contributed by atoms with E-state index >= 15 is 0 Å². The zero-order valence-corrected chi connectivity index (χ0v) is 9.14. The molecule has 0 saturated carbocycles. The molecule has 11 heteroatoms. The van der Waals surface area contributed by atoms with Crippen molar-refractivity contribution in [3.05, 3.63) is 0 Å². The number of hydrogen-bond donors (Lipinski definition) is 1. The second-order valence-corrected chi connectivity index (χ2v) is 4.96. The van der Waals surface area contributed by atoms with Crippen LogP contribution in [0.2, 0.25) is 0 Å². The molecular weight excluding hydrogens is 264 g/mol. The van der Waals surface area contributed by atoms with Gasteiger partial charge in [-0.05, 0) is 21.0 Å². The van der Waals surface area contributed by atoms with E-state index in [1.54, 1.807) is 0 Å². The molecule has 3 heterocycles. The van der Waals surface area contributed by atoms with Crippen molar-refractivity contribution in [3.8, 4) is 0 Å². The van der Waals surface area contributed by atoms with Crippen molar-refractivity contribution < 1.29 is 9.57 Å². The van der Waals surface area contributed by atoms with Crippen molar-refractivity contribution in [3.63, 3.8) is 0 Å². The summed E-state index contributed by atoms with van der Waals surface area (Å²) in [4.78, 5) is 13.2. The molecule has 0 unspecified atom stereocenters. The van der Waals surface area contributed by atoms with Crippen molar-refractivity contribution in [1.82, 2.24) is 20.3 Å². The van der Waals surface area contributed by atoms with E-state index in [2.05, 4.69) is 30.4 Å². The van der Waals surface area contributed by atoms with E-state index < -0.39 is 0 Å². The van der Waals surface area contributed by atoms with Gasteiger partial charge in [0.1, 0.15) is 0 Å². The van der Waals surface area contributed by atoms with Gasteiger partial charge < -0.3 is 0 Å². The maximum atomic E-state index is 5.48. The predicted octanol–water partition coefficient (Wildman–Crippen LogP) is 1.54. The first-order chi connectivity index (χ1) is 7.38. The molecule has 8 nitrogen and oxygen atoms in total. The fourth-order valence-corrected chi connectivity index (χ4v) is 2.26. The van der Waals surface area contributed by atoms with Crippen LogP contribution in [0.25, 0.3) is 11.3 Å². The summed E-state index contributed by atoms with van der Waals surface area (Å²) in [6.07, 6.45) is 0. The largest absolute Gasteiger partial charge is 0.245 e. The minimum absolute atomic E-state index is 0.311. The third-order valence-electron chi connectivity index (χ3n) is 1.59. The Kier molecular flexibility index (Phi) is 2.20. The quantitative estimate of drug-likeness (QED) is 0.636. The van der Waals surface area contributed by atoms with Gasteiger partial charge in [-0.25, -0.2) is 10.1 Å². The number of rotatable bonds is 2. The Morgan fingerprint density at radius 2 is 2.07 bits per heavy atom. The third kappa shape index (κ3) is 1.45. The van der Waals surface area contributed by atoms with Crippen LogP contribution in [0, 0.1) is 0 Å². The first kappa shape index (κ1) is 9.27. The molecule has 0 aromatic carbocycles. The highest BCUT2D eigenvalue weighted by atomic mass is 35.7. The molecule has 15 heavy (non-hydrogen) atoms. The second-order valence-electron chi connectivity index (χ2n) is 2.40. The van der Waals surface area contributed by atoms with Gasteiger partial charge >= 0.3 is 0 Å². The summed E-state index contributed by atoms with van der Waals surface area (Å²) in [5, 5.41) is 7.13. The van der Waals surface area contributed by atoms with Crippen molar-refractivity contribution in [2.75, 3.05) is 9.95 Å². The molecule has 2 aromatic rings. The number of halogens is 1. The molecule has 2 aromatic heterocycles. The minimum atomic E-state index is 0.311. The molecule has 0 saturated heterocycles. The molecule has 0 atom stereocenters. The van der Waals surface area contributed by atoms with Crippen LogP contribution >= 0.6 is 31.7 Å². The van der Waals surface area contributed by atoms with Gasteiger partial charge in [0, 0.05) is 10.0 Å². The van der Waals surface area contributed by atoms with Crippen LogP contribution in [0.5, 0.6) is 0 Å². The summed E-state index contributed by atoms with van der Waals surface area (Å²) in [6, 6.07) is 0. The molecule has 3 rings (SSSR count). The van der Waals surface area contributed by atoms with Gasteiger partial charge in [0.25, 0.3) is 0 Å². The van der Waals surface area contributed by atoms with Crippen molar-refractivity contribution >= 4 is 54.6 Å². The predicted molar refractivity (Wildman–Crippen MR) is 55.6 cm³/mol. The molecule has 0 spiro atoms. The molecule has 1 aliphatic heterocycles. The zero-order chi connectivity index (χ0) is 10.3. The summed E-state index contributed by atoms with van der Waals surface area (Å²) < 4.78 is 5.86.